The van der Waals surface area contributed by atoms with Crippen LogP contribution in [-0.4, -0.2) is 23.3 Å². The number of carbonyl (C=O) groups is 2. The molecular formula is C21H24N2O3. The minimum atomic E-state index is -0.609. The number of aromatic nitrogens is 1. The van der Waals surface area contributed by atoms with Gasteiger partial charge in [-0.25, -0.2) is 9.86 Å². The van der Waals surface area contributed by atoms with Crippen LogP contribution in [0.4, 0.5) is 5.69 Å². The van der Waals surface area contributed by atoms with Crippen molar-refractivity contribution >= 4 is 17.4 Å². The summed E-state index contributed by atoms with van der Waals surface area (Å²) < 4.78 is 0. The van der Waals surface area contributed by atoms with E-state index < -0.39 is 5.41 Å². The van der Waals surface area contributed by atoms with Gasteiger partial charge in [0.1, 0.15) is 5.69 Å². The third-order valence-electron chi connectivity index (χ3n) is 4.49. The number of hydrogen-bond acceptors (Lipinski definition) is 5. The van der Waals surface area contributed by atoms with Gasteiger partial charge in [-0.3, -0.25) is 9.78 Å². The standard InChI is InChI=1S/C21H24N2O3/c1-20(2,3)19(25)26-23-13-21(4,5)15-12-22-16(11-17(15)23)18(24)14-9-7-6-8-10-14/h6-12H,13H2,1-5H3. The molecule has 136 valence electrons. The Morgan fingerprint density at radius 2 is 1.81 bits per heavy atom. The largest absolute Gasteiger partial charge is 0.340 e. The van der Waals surface area contributed by atoms with Gasteiger partial charge in [0, 0.05) is 22.7 Å². The Kier molecular flexibility index (Phi) is 4.34. The average Bonchev–Trinajstić information content (AvgIpc) is 2.84. The summed E-state index contributed by atoms with van der Waals surface area (Å²) in [6.45, 7) is 10.1. The molecule has 1 aliphatic heterocycles. The van der Waals surface area contributed by atoms with Crippen molar-refractivity contribution in [3.05, 3.63) is 59.4 Å². The lowest BCUT2D eigenvalue weighted by Gasteiger charge is -2.25. The third-order valence-corrected chi connectivity index (χ3v) is 4.49. The Morgan fingerprint density at radius 1 is 1.15 bits per heavy atom. The van der Waals surface area contributed by atoms with Crippen molar-refractivity contribution in [3.63, 3.8) is 0 Å². The second-order valence-electron chi connectivity index (χ2n) is 8.33. The van der Waals surface area contributed by atoms with Crippen LogP contribution >= 0.6 is 0 Å². The molecule has 0 spiro atoms. The molecule has 0 radical (unpaired) electrons. The number of carbonyl (C=O) groups excluding carboxylic acids is 2. The minimum absolute atomic E-state index is 0.153. The van der Waals surface area contributed by atoms with E-state index in [1.165, 1.54) is 0 Å². The molecule has 0 fully saturated rings. The Balaban J connectivity index is 1.96. The smallest absolute Gasteiger partial charge is 0.337 e. The number of pyridine rings is 1. The van der Waals surface area contributed by atoms with Gasteiger partial charge in [-0.15, -0.1) is 0 Å². The predicted octanol–water partition coefficient (Wildman–Crippen LogP) is 3.91. The molecule has 1 aromatic carbocycles. The lowest BCUT2D eigenvalue weighted by Crippen LogP contribution is -2.35. The van der Waals surface area contributed by atoms with E-state index in [4.69, 9.17) is 4.84 Å². The second kappa shape index (κ2) is 6.24. The molecule has 1 aliphatic rings. The minimum Gasteiger partial charge on any atom is -0.340 e. The van der Waals surface area contributed by atoms with E-state index in [2.05, 4.69) is 18.8 Å². The Hall–Kier alpha value is -2.69. The normalized spacial score (nSPS) is 15.5. The molecule has 26 heavy (non-hydrogen) atoms. The summed E-state index contributed by atoms with van der Waals surface area (Å²) in [6, 6.07) is 10.7. The van der Waals surface area contributed by atoms with Crippen molar-refractivity contribution in [1.82, 2.24) is 4.98 Å². The molecule has 2 aromatic rings. The molecule has 0 amide bonds. The number of benzene rings is 1. The maximum atomic E-state index is 12.7. The first-order chi connectivity index (χ1) is 12.1. The van der Waals surface area contributed by atoms with Crippen LogP contribution in [0, 0.1) is 5.41 Å². The molecule has 0 saturated heterocycles. The van der Waals surface area contributed by atoms with Gasteiger partial charge in [-0.2, -0.15) is 0 Å². The highest BCUT2D eigenvalue weighted by Crippen LogP contribution is 2.41. The zero-order valence-corrected chi connectivity index (χ0v) is 15.9. The fourth-order valence-corrected chi connectivity index (χ4v) is 2.88. The van der Waals surface area contributed by atoms with E-state index in [0.29, 0.717) is 17.8 Å². The van der Waals surface area contributed by atoms with Crippen molar-refractivity contribution < 1.29 is 14.4 Å². The molecule has 2 heterocycles. The fraction of sp³-hybridized carbons (Fsp3) is 0.381. The Morgan fingerprint density at radius 3 is 2.42 bits per heavy atom. The van der Waals surface area contributed by atoms with E-state index >= 15 is 0 Å². The molecule has 0 bridgehead atoms. The van der Waals surface area contributed by atoms with Crippen LogP contribution < -0.4 is 5.06 Å². The first-order valence-electron chi connectivity index (χ1n) is 8.70. The second-order valence-corrected chi connectivity index (χ2v) is 8.33. The summed E-state index contributed by atoms with van der Waals surface area (Å²) >= 11 is 0. The number of rotatable bonds is 3. The first kappa shape index (κ1) is 18.1. The first-order valence-corrected chi connectivity index (χ1v) is 8.70. The van der Waals surface area contributed by atoms with E-state index in [1.54, 1.807) is 29.5 Å². The SMILES string of the molecule is CC(C)(C)C(=O)ON1CC(C)(C)c2cnc(C(=O)c3ccccc3)cc21. The van der Waals surface area contributed by atoms with Crippen molar-refractivity contribution in [1.29, 1.82) is 0 Å². The topological polar surface area (TPSA) is 59.5 Å². The lowest BCUT2D eigenvalue weighted by atomic mass is 9.88. The maximum absolute atomic E-state index is 12.7. The summed E-state index contributed by atoms with van der Waals surface area (Å²) in [5.41, 5.74) is 1.77. The molecule has 0 aliphatic carbocycles. The number of hydrogen-bond donors (Lipinski definition) is 0. The third kappa shape index (κ3) is 3.34. The number of fused-ring (bicyclic) bond motifs is 1. The van der Waals surface area contributed by atoms with E-state index in [-0.39, 0.29) is 17.2 Å². The van der Waals surface area contributed by atoms with Crippen LogP contribution in [0.5, 0.6) is 0 Å². The number of hydroxylamine groups is 1. The quantitative estimate of drug-likeness (QED) is 0.784. The van der Waals surface area contributed by atoms with Gasteiger partial charge >= 0.3 is 5.97 Å². The van der Waals surface area contributed by atoms with Crippen LogP contribution in [0.15, 0.2) is 42.6 Å². The zero-order valence-electron chi connectivity index (χ0n) is 15.9. The highest BCUT2D eigenvalue weighted by molar-refractivity contribution is 6.08. The van der Waals surface area contributed by atoms with Crippen molar-refractivity contribution in [2.75, 3.05) is 11.6 Å². The lowest BCUT2D eigenvalue weighted by molar-refractivity contribution is -0.154. The number of ketones is 1. The van der Waals surface area contributed by atoms with Crippen LogP contribution in [0.3, 0.4) is 0 Å². The van der Waals surface area contributed by atoms with Gasteiger partial charge in [0.15, 0.2) is 0 Å². The number of nitrogens with zero attached hydrogens (tertiary/aromatic N) is 2. The highest BCUT2D eigenvalue weighted by atomic mass is 16.7. The van der Waals surface area contributed by atoms with Crippen molar-refractivity contribution in [2.45, 2.75) is 40.0 Å². The van der Waals surface area contributed by atoms with Gasteiger partial charge < -0.3 is 4.84 Å². The average molecular weight is 352 g/mol. The van der Waals surface area contributed by atoms with Crippen LogP contribution in [0.2, 0.25) is 0 Å². The van der Waals surface area contributed by atoms with Gasteiger partial charge in [0.2, 0.25) is 5.78 Å². The number of anilines is 1. The van der Waals surface area contributed by atoms with Crippen LogP contribution in [-0.2, 0) is 15.0 Å². The molecule has 5 heteroatoms. The summed E-state index contributed by atoms with van der Waals surface area (Å²) in [4.78, 5) is 35.0. The molecule has 1 aromatic heterocycles. The summed E-state index contributed by atoms with van der Waals surface area (Å²) in [7, 11) is 0. The molecular weight excluding hydrogens is 328 g/mol. The monoisotopic (exact) mass is 352 g/mol. The van der Waals surface area contributed by atoms with E-state index in [1.807, 2.05) is 39.0 Å². The van der Waals surface area contributed by atoms with Gasteiger partial charge in [0.25, 0.3) is 0 Å². The van der Waals surface area contributed by atoms with Gasteiger partial charge in [-0.05, 0) is 26.8 Å². The predicted molar refractivity (Wildman–Crippen MR) is 100 cm³/mol. The molecule has 3 rings (SSSR count). The summed E-state index contributed by atoms with van der Waals surface area (Å²) in [6.07, 6.45) is 1.72. The molecule has 0 saturated carbocycles. The van der Waals surface area contributed by atoms with Gasteiger partial charge in [0.05, 0.1) is 17.6 Å². The van der Waals surface area contributed by atoms with Gasteiger partial charge in [-0.1, -0.05) is 44.2 Å². The van der Waals surface area contributed by atoms with Crippen molar-refractivity contribution in [2.24, 2.45) is 5.41 Å². The van der Waals surface area contributed by atoms with E-state index in [0.717, 1.165) is 11.3 Å². The maximum Gasteiger partial charge on any atom is 0.337 e. The van der Waals surface area contributed by atoms with Crippen LogP contribution in [0.1, 0.15) is 56.2 Å². The molecule has 0 atom stereocenters. The van der Waals surface area contributed by atoms with Crippen LogP contribution in [0.25, 0.3) is 0 Å². The van der Waals surface area contributed by atoms with Crippen molar-refractivity contribution in [3.8, 4) is 0 Å². The zero-order chi connectivity index (χ0) is 19.1. The molecule has 0 unspecified atom stereocenters. The Labute approximate surface area is 154 Å². The molecule has 5 nitrogen and oxygen atoms in total. The highest BCUT2D eigenvalue weighted by Gasteiger charge is 2.39. The summed E-state index contributed by atoms with van der Waals surface area (Å²) in [5, 5.41) is 1.59. The Bertz CT molecular complexity index is 851. The molecule has 0 N–H and O–H groups in total. The summed E-state index contributed by atoms with van der Waals surface area (Å²) in [5.74, 6) is -0.464. The fourth-order valence-electron chi connectivity index (χ4n) is 2.88. The van der Waals surface area contributed by atoms with E-state index in [9.17, 15) is 9.59 Å².